The number of carbonyl (C=O) groups excluding carboxylic acids is 1. The number of para-hydroxylation sites is 2. The molecule has 0 spiro atoms. The fraction of sp³-hybridized carbons (Fsp3) is 0.0870. The summed E-state index contributed by atoms with van der Waals surface area (Å²) in [6, 6.07) is 19.7. The number of nitrogens with zero attached hydrogens (tertiary/aromatic N) is 3. The molecule has 5 aromatic rings. The molecule has 0 radical (unpaired) electrons. The molecule has 0 aliphatic heterocycles. The lowest BCUT2D eigenvalue weighted by Gasteiger charge is -2.10. The Balaban J connectivity index is 1.81. The lowest BCUT2D eigenvalue weighted by molar-refractivity contribution is 0.102. The molecule has 0 aliphatic rings. The van der Waals surface area contributed by atoms with E-state index in [9.17, 15) is 4.79 Å². The molecule has 3 aromatic heterocycles. The first-order chi connectivity index (χ1) is 14.2. The van der Waals surface area contributed by atoms with E-state index in [4.69, 9.17) is 4.98 Å². The maximum Gasteiger partial charge on any atom is 0.258 e. The molecule has 0 saturated heterocycles. The number of nitrogens with one attached hydrogen (secondary N) is 1. The molecule has 142 valence electrons. The number of hydrogen-bond donors (Lipinski definition) is 1. The van der Waals surface area contributed by atoms with Crippen LogP contribution in [-0.4, -0.2) is 26.5 Å². The van der Waals surface area contributed by atoms with Gasteiger partial charge in [0.15, 0.2) is 0 Å². The van der Waals surface area contributed by atoms with Crippen LogP contribution < -0.4 is 5.32 Å². The SMILES string of the molecule is CSc1ncccc1C(=O)Nc1c2ccccc2n2c(C)nc3ccccc3c12. The summed E-state index contributed by atoms with van der Waals surface area (Å²) in [7, 11) is 0. The molecule has 0 unspecified atom stereocenters. The van der Waals surface area contributed by atoms with Crippen molar-refractivity contribution in [3.8, 4) is 0 Å². The summed E-state index contributed by atoms with van der Waals surface area (Å²) in [5.41, 5.74) is 4.24. The van der Waals surface area contributed by atoms with Gasteiger partial charge in [0, 0.05) is 17.0 Å². The van der Waals surface area contributed by atoms with Crippen molar-refractivity contribution in [3.63, 3.8) is 0 Å². The summed E-state index contributed by atoms with van der Waals surface area (Å²) in [5, 5.41) is 5.87. The third-order valence-electron chi connectivity index (χ3n) is 5.09. The van der Waals surface area contributed by atoms with Crippen molar-refractivity contribution in [2.45, 2.75) is 11.9 Å². The minimum atomic E-state index is -0.167. The van der Waals surface area contributed by atoms with Gasteiger partial charge in [-0.3, -0.25) is 9.20 Å². The average Bonchev–Trinajstić information content (AvgIpc) is 3.09. The first kappa shape index (κ1) is 17.7. The average molecular weight is 398 g/mol. The normalized spacial score (nSPS) is 11.4. The van der Waals surface area contributed by atoms with E-state index in [1.807, 2.05) is 55.6 Å². The second-order valence-corrected chi connectivity index (χ2v) is 7.56. The largest absolute Gasteiger partial charge is 0.319 e. The third kappa shape index (κ3) is 2.76. The number of benzene rings is 2. The molecule has 2 aromatic carbocycles. The number of hydrogen-bond acceptors (Lipinski definition) is 4. The number of amides is 1. The Labute approximate surface area is 171 Å². The summed E-state index contributed by atoms with van der Waals surface area (Å²) in [5.74, 6) is 0.709. The van der Waals surface area contributed by atoms with E-state index >= 15 is 0 Å². The molecule has 5 rings (SSSR count). The van der Waals surface area contributed by atoms with Crippen LogP contribution in [0.1, 0.15) is 16.2 Å². The molecule has 0 saturated carbocycles. The Morgan fingerprint density at radius 3 is 2.59 bits per heavy atom. The van der Waals surface area contributed by atoms with E-state index in [2.05, 4.69) is 20.8 Å². The minimum absolute atomic E-state index is 0.167. The van der Waals surface area contributed by atoms with Crippen molar-refractivity contribution in [2.24, 2.45) is 0 Å². The van der Waals surface area contributed by atoms with Crippen LogP contribution in [0.4, 0.5) is 5.69 Å². The van der Waals surface area contributed by atoms with Crippen LogP contribution in [0.3, 0.4) is 0 Å². The number of rotatable bonds is 3. The van der Waals surface area contributed by atoms with Crippen molar-refractivity contribution in [1.82, 2.24) is 14.4 Å². The smallest absolute Gasteiger partial charge is 0.258 e. The molecule has 1 N–H and O–H groups in total. The number of thioether (sulfide) groups is 1. The quantitative estimate of drug-likeness (QED) is 0.418. The van der Waals surface area contributed by atoms with Gasteiger partial charge in [-0.2, -0.15) is 0 Å². The van der Waals surface area contributed by atoms with Crippen molar-refractivity contribution < 1.29 is 4.79 Å². The van der Waals surface area contributed by atoms with Crippen LogP contribution in [-0.2, 0) is 0 Å². The van der Waals surface area contributed by atoms with Crippen molar-refractivity contribution in [2.75, 3.05) is 11.6 Å². The summed E-state index contributed by atoms with van der Waals surface area (Å²) >= 11 is 1.46. The van der Waals surface area contributed by atoms with E-state index in [-0.39, 0.29) is 5.91 Å². The van der Waals surface area contributed by atoms with E-state index in [0.717, 1.165) is 38.8 Å². The summed E-state index contributed by atoms with van der Waals surface area (Å²) in [4.78, 5) is 22.3. The molecule has 3 heterocycles. The van der Waals surface area contributed by atoms with Gasteiger partial charge in [-0.25, -0.2) is 9.97 Å². The third-order valence-corrected chi connectivity index (χ3v) is 5.80. The molecule has 0 bridgehead atoms. The van der Waals surface area contributed by atoms with E-state index in [1.54, 1.807) is 18.3 Å². The second-order valence-electron chi connectivity index (χ2n) is 6.77. The van der Waals surface area contributed by atoms with Crippen LogP contribution in [0.5, 0.6) is 0 Å². The van der Waals surface area contributed by atoms with Crippen LogP contribution in [0.25, 0.3) is 27.3 Å². The zero-order valence-corrected chi connectivity index (χ0v) is 16.8. The molecular weight excluding hydrogens is 380 g/mol. The van der Waals surface area contributed by atoms with Gasteiger partial charge >= 0.3 is 0 Å². The second kappa shape index (κ2) is 6.90. The highest BCUT2D eigenvalue weighted by molar-refractivity contribution is 7.98. The number of aryl methyl sites for hydroxylation is 1. The van der Waals surface area contributed by atoms with E-state index < -0.39 is 0 Å². The Kier molecular flexibility index (Phi) is 4.21. The topological polar surface area (TPSA) is 59.3 Å². The van der Waals surface area contributed by atoms with Crippen molar-refractivity contribution in [3.05, 3.63) is 78.2 Å². The van der Waals surface area contributed by atoms with Gasteiger partial charge in [-0.05, 0) is 37.4 Å². The van der Waals surface area contributed by atoms with Gasteiger partial charge in [0.2, 0.25) is 0 Å². The Bertz CT molecular complexity index is 1410. The molecule has 0 fully saturated rings. The maximum atomic E-state index is 13.2. The number of carbonyl (C=O) groups is 1. The highest BCUT2D eigenvalue weighted by Crippen LogP contribution is 2.36. The van der Waals surface area contributed by atoms with Crippen molar-refractivity contribution >= 4 is 50.7 Å². The van der Waals surface area contributed by atoms with E-state index in [1.165, 1.54) is 11.8 Å². The molecule has 6 heteroatoms. The zero-order valence-electron chi connectivity index (χ0n) is 16.0. The minimum Gasteiger partial charge on any atom is -0.319 e. The number of fused-ring (bicyclic) bond motifs is 5. The molecular formula is C23H18N4OS. The molecule has 5 nitrogen and oxygen atoms in total. The standard InChI is InChI=1S/C23H18N4OS/c1-14-25-18-11-5-3-8-15(18)21-20(16-9-4-6-12-19(16)27(14)21)26-22(28)17-10-7-13-24-23(17)29-2/h3-13H,1-2H3,(H,26,28). The summed E-state index contributed by atoms with van der Waals surface area (Å²) in [6.45, 7) is 1.99. The maximum absolute atomic E-state index is 13.2. The first-order valence-corrected chi connectivity index (χ1v) is 10.5. The number of pyridine rings is 1. The molecule has 1 amide bonds. The van der Waals surface area contributed by atoms with Crippen LogP contribution >= 0.6 is 11.8 Å². The number of aromatic nitrogens is 3. The van der Waals surface area contributed by atoms with Gasteiger partial charge in [-0.15, -0.1) is 11.8 Å². The zero-order chi connectivity index (χ0) is 20.0. The predicted molar refractivity (Wildman–Crippen MR) is 119 cm³/mol. The predicted octanol–water partition coefficient (Wildman–Crippen LogP) is 5.32. The van der Waals surface area contributed by atoms with Crippen LogP contribution in [0, 0.1) is 6.92 Å². The highest BCUT2D eigenvalue weighted by atomic mass is 32.2. The van der Waals surface area contributed by atoms with Crippen LogP contribution in [0.15, 0.2) is 71.9 Å². The van der Waals surface area contributed by atoms with Gasteiger partial charge < -0.3 is 5.32 Å². The van der Waals surface area contributed by atoms with Crippen molar-refractivity contribution in [1.29, 1.82) is 0 Å². The molecule has 0 aliphatic carbocycles. The lowest BCUT2D eigenvalue weighted by atomic mass is 10.1. The van der Waals surface area contributed by atoms with Gasteiger partial charge in [-0.1, -0.05) is 36.4 Å². The fourth-order valence-electron chi connectivity index (χ4n) is 3.86. The monoisotopic (exact) mass is 398 g/mol. The Hall–Kier alpha value is -3.38. The molecule has 29 heavy (non-hydrogen) atoms. The Morgan fingerprint density at radius 1 is 1.00 bits per heavy atom. The van der Waals surface area contributed by atoms with Gasteiger partial charge in [0.25, 0.3) is 5.91 Å². The van der Waals surface area contributed by atoms with Gasteiger partial charge in [0.05, 0.1) is 27.8 Å². The lowest BCUT2D eigenvalue weighted by Crippen LogP contribution is -2.13. The molecule has 0 atom stereocenters. The summed E-state index contributed by atoms with van der Waals surface area (Å²) in [6.07, 6.45) is 3.62. The van der Waals surface area contributed by atoms with Crippen LogP contribution in [0.2, 0.25) is 0 Å². The highest BCUT2D eigenvalue weighted by Gasteiger charge is 2.20. The summed E-state index contributed by atoms with van der Waals surface area (Å²) < 4.78 is 2.12. The first-order valence-electron chi connectivity index (χ1n) is 9.28. The fourth-order valence-corrected chi connectivity index (χ4v) is 4.41. The Morgan fingerprint density at radius 2 is 1.76 bits per heavy atom. The van der Waals surface area contributed by atoms with E-state index in [0.29, 0.717) is 10.6 Å². The number of anilines is 1. The van der Waals surface area contributed by atoms with Gasteiger partial charge in [0.1, 0.15) is 10.9 Å².